The van der Waals surface area contributed by atoms with E-state index >= 15 is 0 Å². The number of aromatic nitrogens is 2. The highest BCUT2D eigenvalue weighted by Crippen LogP contribution is 2.43. The Hall–Kier alpha value is -3.32. The van der Waals surface area contributed by atoms with E-state index < -0.39 is 17.7 Å². The van der Waals surface area contributed by atoms with Gasteiger partial charge in [0, 0.05) is 5.56 Å². The molecule has 170 valence electrons. The van der Waals surface area contributed by atoms with E-state index in [4.69, 9.17) is 0 Å². The van der Waals surface area contributed by atoms with E-state index in [2.05, 4.69) is 31.0 Å². The zero-order valence-corrected chi connectivity index (χ0v) is 20.4. The van der Waals surface area contributed by atoms with Gasteiger partial charge in [0.1, 0.15) is 10.8 Å². The molecule has 2 heterocycles. The molecule has 1 unspecified atom stereocenters. The molecular weight excluding hydrogens is 434 g/mol. The van der Waals surface area contributed by atoms with Crippen molar-refractivity contribution in [3.05, 3.63) is 80.9 Å². The molecule has 1 saturated heterocycles. The van der Waals surface area contributed by atoms with E-state index in [0.29, 0.717) is 15.7 Å². The normalized spacial score (nSPS) is 18.2. The van der Waals surface area contributed by atoms with Crippen LogP contribution in [0.1, 0.15) is 59.6 Å². The zero-order valence-electron chi connectivity index (χ0n) is 19.6. The molecule has 1 aliphatic rings. The van der Waals surface area contributed by atoms with Gasteiger partial charge in [-0.05, 0) is 48.9 Å². The maximum Gasteiger partial charge on any atom is 0.301 e. The fourth-order valence-corrected chi connectivity index (χ4v) is 4.74. The average molecular weight is 462 g/mol. The van der Waals surface area contributed by atoms with Gasteiger partial charge < -0.3 is 5.11 Å². The minimum absolute atomic E-state index is 0.0463. The van der Waals surface area contributed by atoms with Gasteiger partial charge in [0.15, 0.2) is 0 Å². The summed E-state index contributed by atoms with van der Waals surface area (Å²) in [6, 6.07) is 12.7. The van der Waals surface area contributed by atoms with Gasteiger partial charge in [-0.3, -0.25) is 14.5 Å². The van der Waals surface area contributed by atoms with Crippen LogP contribution in [-0.2, 0) is 15.0 Å². The molecule has 0 radical (unpaired) electrons. The molecule has 1 aliphatic heterocycles. The molecule has 0 bridgehead atoms. The first-order valence-electron chi connectivity index (χ1n) is 10.8. The van der Waals surface area contributed by atoms with Crippen molar-refractivity contribution in [1.29, 1.82) is 0 Å². The van der Waals surface area contributed by atoms with Crippen molar-refractivity contribution in [3.8, 4) is 0 Å². The van der Waals surface area contributed by atoms with E-state index in [0.717, 1.165) is 22.3 Å². The standard InChI is InChI=1S/C26H27N3O3S/c1-14-7-8-15(2)19(13-14)22(30)20-21(17-9-11-18(12-10-17)26(4,5)6)29(24(32)23(20)31)25-28-27-16(3)33-25/h7-13,21,30H,1-6H3/b22-20+. The molecular formula is C26H27N3O3S. The van der Waals surface area contributed by atoms with Crippen LogP contribution < -0.4 is 4.90 Å². The molecule has 0 spiro atoms. The second-order valence-electron chi connectivity index (χ2n) is 9.46. The minimum Gasteiger partial charge on any atom is -0.507 e. The summed E-state index contributed by atoms with van der Waals surface area (Å²) in [4.78, 5) is 27.8. The number of aliphatic hydroxyl groups excluding tert-OH is 1. The number of anilines is 1. The molecule has 4 rings (SSSR count). The Kier molecular flexibility index (Phi) is 5.70. The Morgan fingerprint density at radius 3 is 2.24 bits per heavy atom. The molecule has 2 aromatic carbocycles. The Bertz CT molecular complexity index is 1280. The van der Waals surface area contributed by atoms with Gasteiger partial charge in [0.2, 0.25) is 5.13 Å². The summed E-state index contributed by atoms with van der Waals surface area (Å²) < 4.78 is 0. The second-order valence-corrected chi connectivity index (χ2v) is 10.6. The van der Waals surface area contributed by atoms with Crippen LogP contribution in [0.15, 0.2) is 48.0 Å². The average Bonchev–Trinajstić information content (AvgIpc) is 3.29. The van der Waals surface area contributed by atoms with Crippen LogP contribution in [0.3, 0.4) is 0 Å². The molecule has 1 atom stereocenters. The zero-order chi connectivity index (χ0) is 24.1. The highest BCUT2D eigenvalue weighted by Gasteiger charge is 2.48. The summed E-state index contributed by atoms with van der Waals surface area (Å²) >= 11 is 1.24. The highest BCUT2D eigenvalue weighted by molar-refractivity contribution is 7.15. The molecule has 33 heavy (non-hydrogen) atoms. The number of carbonyl (C=O) groups excluding carboxylic acids is 2. The third-order valence-electron chi connectivity index (χ3n) is 5.91. The third kappa shape index (κ3) is 4.09. The number of ketones is 1. The lowest BCUT2D eigenvalue weighted by molar-refractivity contribution is -0.132. The summed E-state index contributed by atoms with van der Waals surface area (Å²) in [7, 11) is 0. The summed E-state index contributed by atoms with van der Waals surface area (Å²) in [6.07, 6.45) is 0. The monoisotopic (exact) mass is 461 g/mol. The number of nitrogens with zero attached hydrogens (tertiary/aromatic N) is 3. The number of carbonyl (C=O) groups is 2. The first kappa shape index (κ1) is 22.9. The van der Waals surface area contributed by atoms with Crippen LogP contribution >= 0.6 is 11.3 Å². The summed E-state index contributed by atoms with van der Waals surface area (Å²) in [5.41, 5.74) is 4.17. The summed E-state index contributed by atoms with van der Waals surface area (Å²) in [5, 5.41) is 20.5. The van der Waals surface area contributed by atoms with Crippen molar-refractivity contribution >= 4 is 33.9 Å². The number of aliphatic hydroxyl groups is 1. The van der Waals surface area contributed by atoms with Gasteiger partial charge in [-0.15, -0.1) is 10.2 Å². The Balaban J connectivity index is 1.95. The number of Topliss-reactive ketones (excluding diaryl/α,β-unsaturated/α-hetero) is 1. The molecule has 1 fully saturated rings. The van der Waals surface area contributed by atoms with Crippen molar-refractivity contribution in [1.82, 2.24) is 10.2 Å². The fourth-order valence-electron chi connectivity index (χ4n) is 4.03. The maximum absolute atomic E-state index is 13.3. The van der Waals surface area contributed by atoms with Crippen LogP contribution in [0.4, 0.5) is 5.13 Å². The first-order valence-corrected chi connectivity index (χ1v) is 11.6. The van der Waals surface area contributed by atoms with Gasteiger partial charge in [-0.25, -0.2) is 0 Å². The Morgan fingerprint density at radius 1 is 1.00 bits per heavy atom. The molecule has 1 aromatic heterocycles. The number of hydrogen-bond donors (Lipinski definition) is 1. The lowest BCUT2D eigenvalue weighted by Gasteiger charge is -2.24. The summed E-state index contributed by atoms with van der Waals surface area (Å²) in [6.45, 7) is 11.9. The molecule has 1 N–H and O–H groups in total. The number of hydrogen-bond acceptors (Lipinski definition) is 6. The maximum atomic E-state index is 13.3. The van der Waals surface area contributed by atoms with E-state index in [1.807, 2.05) is 56.3 Å². The predicted molar refractivity (Wildman–Crippen MR) is 130 cm³/mol. The van der Waals surface area contributed by atoms with Crippen molar-refractivity contribution in [2.75, 3.05) is 4.90 Å². The Morgan fingerprint density at radius 2 is 1.67 bits per heavy atom. The van der Waals surface area contributed by atoms with Crippen LogP contribution in [-0.4, -0.2) is 27.0 Å². The predicted octanol–water partition coefficient (Wildman–Crippen LogP) is 5.39. The van der Waals surface area contributed by atoms with Crippen LogP contribution in [0.2, 0.25) is 0 Å². The lowest BCUT2D eigenvalue weighted by Crippen LogP contribution is -2.29. The SMILES string of the molecule is Cc1ccc(C)c(/C(O)=C2\C(=O)C(=O)N(c3nnc(C)s3)C2c2ccc(C(C)(C)C)cc2)c1. The van der Waals surface area contributed by atoms with Crippen LogP contribution in [0.5, 0.6) is 0 Å². The first-order chi connectivity index (χ1) is 15.5. The van der Waals surface area contributed by atoms with Gasteiger partial charge >= 0.3 is 5.91 Å². The van der Waals surface area contributed by atoms with E-state index in [9.17, 15) is 14.7 Å². The molecule has 0 saturated carbocycles. The van der Waals surface area contributed by atoms with Gasteiger partial charge in [-0.1, -0.05) is 74.1 Å². The van der Waals surface area contributed by atoms with Crippen molar-refractivity contribution in [2.24, 2.45) is 0 Å². The van der Waals surface area contributed by atoms with Crippen molar-refractivity contribution < 1.29 is 14.7 Å². The number of rotatable bonds is 3. The van der Waals surface area contributed by atoms with Crippen LogP contribution in [0, 0.1) is 20.8 Å². The largest absolute Gasteiger partial charge is 0.507 e. The third-order valence-corrected chi connectivity index (χ3v) is 6.74. The second kappa shape index (κ2) is 8.23. The number of aryl methyl sites for hydroxylation is 3. The minimum atomic E-state index is -0.800. The molecule has 7 heteroatoms. The van der Waals surface area contributed by atoms with Gasteiger partial charge in [0.05, 0.1) is 11.6 Å². The van der Waals surface area contributed by atoms with Crippen LogP contribution in [0.25, 0.3) is 5.76 Å². The molecule has 0 aliphatic carbocycles. The van der Waals surface area contributed by atoms with Gasteiger partial charge in [0.25, 0.3) is 5.78 Å². The van der Waals surface area contributed by atoms with Crippen molar-refractivity contribution in [3.63, 3.8) is 0 Å². The number of benzene rings is 2. The summed E-state index contributed by atoms with van der Waals surface area (Å²) in [5.74, 6) is -1.63. The Labute approximate surface area is 197 Å². The van der Waals surface area contributed by atoms with E-state index in [1.165, 1.54) is 16.2 Å². The van der Waals surface area contributed by atoms with Crippen molar-refractivity contribution in [2.45, 2.75) is 53.0 Å². The topological polar surface area (TPSA) is 83.4 Å². The molecule has 6 nitrogen and oxygen atoms in total. The lowest BCUT2D eigenvalue weighted by atomic mass is 9.85. The van der Waals surface area contributed by atoms with Gasteiger partial charge in [-0.2, -0.15) is 0 Å². The molecule has 1 amide bonds. The highest BCUT2D eigenvalue weighted by atomic mass is 32.1. The fraction of sp³-hybridized carbons (Fsp3) is 0.308. The quantitative estimate of drug-likeness (QED) is 0.321. The smallest absolute Gasteiger partial charge is 0.301 e. The van der Waals surface area contributed by atoms with E-state index in [1.54, 1.807) is 6.92 Å². The number of amides is 1. The van der Waals surface area contributed by atoms with E-state index in [-0.39, 0.29) is 16.7 Å². The molecule has 3 aromatic rings.